The van der Waals surface area contributed by atoms with Gasteiger partial charge in [0.05, 0.1) is 0 Å². The molecule has 0 aliphatic carbocycles. The van der Waals surface area contributed by atoms with Crippen LogP contribution in [-0.2, 0) is 9.59 Å². The Morgan fingerprint density at radius 2 is 2.14 bits per heavy atom. The molecule has 1 aromatic heterocycles. The number of halogens is 1. The van der Waals surface area contributed by atoms with Crippen molar-refractivity contribution in [2.24, 2.45) is 0 Å². The van der Waals surface area contributed by atoms with Gasteiger partial charge in [0.15, 0.2) is 18.2 Å². The van der Waals surface area contributed by atoms with Gasteiger partial charge in [-0.2, -0.15) is 0 Å². The SMILES string of the molecule is O=C(CCN1C(=O)COc2ccc(Br)nc21)N1CCNCC1. The lowest BCUT2D eigenvalue weighted by Gasteiger charge is -2.30. The van der Waals surface area contributed by atoms with E-state index in [-0.39, 0.29) is 18.4 Å². The highest BCUT2D eigenvalue weighted by Crippen LogP contribution is 2.31. The Kier molecular flexibility index (Phi) is 4.58. The molecule has 7 nitrogen and oxygen atoms in total. The number of aromatic nitrogens is 1. The van der Waals surface area contributed by atoms with Gasteiger partial charge < -0.3 is 15.0 Å². The smallest absolute Gasteiger partial charge is 0.266 e. The molecule has 3 rings (SSSR count). The predicted octanol–water partition coefficient (Wildman–Crippen LogP) is 0.391. The van der Waals surface area contributed by atoms with E-state index in [1.54, 1.807) is 12.1 Å². The van der Waals surface area contributed by atoms with Crippen molar-refractivity contribution in [3.8, 4) is 5.75 Å². The number of nitrogens with one attached hydrogen (secondary N) is 1. The summed E-state index contributed by atoms with van der Waals surface area (Å²) in [5.74, 6) is 0.930. The van der Waals surface area contributed by atoms with Gasteiger partial charge >= 0.3 is 0 Å². The molecule has 1 fully saturated rings. The molecule has 1 aromatic rings. The van der Waals surface area contributed by atoms with E-state index in [0.29, 0.717) is 29.1 Å². The maximum absolute atomic E-state index is 12.2. The fourth-order valence-corrected chi connectivity index (χ4v) is 2.86. The molecule has 0 aromatic carbocycles. The van der Waals surface area contributed by atoms with Crippen LogP contribution >= 0.6 is 15.9 Å². The van der Waals surface area contributed by atoms with Crippen molar-refractivity contribution < 1.29 is 14.3 Å². The number of carbonyl (C=O) groups is 2. The maximum Gasteiger partial charge on any atom is 0.266 e. The molecule has 2 amide bonds. The molecule has 1 saturated heterocycles. The average molecular weight is 369 g/mol. The second-order valence-corrected chi connectivity index (χ2v) is 5.98. The third-order valence-electron chi connectivity index (χ3n) is 3.73. The van der Waals surface area contributed by atoms with E-state index >= 15 is 0 Å². The summed E-state index contributed by atoms with van der Waals surface area (Å²) in [5, 5.41) is 3.21. The summed E-state index contributed by atoms with van der Waals surface area (Å²) < 4.78 is 5.99. The molecule has 2 aliphatic rings. The molecule has 0 unspecified atom stereocenters. The fraction of sp³-hybridized carbons (Fsp3) is 0.500. The van der Waals surface area contributed by atoms with Crippen LogP contribution in [-0.4, -0.2) is 61.0 Å². The highest BCUT2D eigenvalue weighted by molar-refractivity contribution is 9.10. The molecule has 2 aliphatic heterocycles. The van der Waals surface area contributed by atoms with Crippen LogP contribution < -0.4 is 15.0 Å². The van der Waals surface area contributed by atoms with Crippen LogP contribution in [0.1, 0.15) is 6.42 Å². The Labute approximate surface area is 136 Å². The second kappa shape index (κ2) is 6.62. The maximum atomic E-state index is 12.2. The van der Waals surface area contributed by atoms with Crippen molar-refractivity contribution in [3.63, 3.8) is 0 Å². The zero-order valence-electron chi connectivity index (χ0n) is 12.0. The molecule has 0 bridgehead atoms. The van der Waals surface area contributed by atoms with Crippen molar-refractivity contribution in [3.05, 3.63) is 16.7 Å². The van der Waals surface area contributed by atoms with Gasteiger partial charge in [-0.25, -0.2) is 4.98 Å². The monoisotopic (exact) mass is 368 g/mol. The van der Waals surface area contributed by atoms with E-state index in [2.05, 4.69) is 26.2 Å². The molecular weight excluding hydrogens is 352 g/mol. The number of amides is 2. The summed E-state index contributed by atoms with van der Waals surface area (Å²) in [5.41, 5.74) is 0. The number of hydrogen-bond donors (Lipinski definition) is 1. The van der Waals surface area contributed by atoms with E-state index in [0.717, 1.165) is 26.2 Å². The average Bonchev–Trinajstić information content (AvgIpc) is 2.54. The molecule has 0 atom stereocenters. The van der Waals surface area contributed by atoms with Gasteiger partial charge in [-0.05, 0) is 28.1 Å². The highest BCUT2D eigenvalue weighted by atomic mass is 79.9. The van der Waals surface area contributed by atoms with Crippen LogP contribution in [0.3, 0.4) is 0 Å². The quantitative estimate of drug-likeness (QED) is 0.781. The van der Waals surface area contributed by atoms with Gasteiger partial charge in [-0.15, -0.1) is 0 Å². The number of anilines is 1. The minimum Gasteiger partial charge on any atom is -0.480 e. The van der Waals surface area contributed by atoms with Gasteiger partial charge in [0.2, 0.25) is 5.91 Å². The number of pyridine rings is 1. The normalized spacial score (nSPS) is 18.0. The molecule has 118 valence electrons. The number of hydrogen-bond acceptors (Lipinski definition) is 5. The Morgan fingerprint density at radius 3 is 2.91 bits per heavy atom. The summed E-state index contributed by atoms with van der Waals surface area (Å²) in [6.07, 6.45) is 0.291. The number of rotatable bonds is 3. The summed E-state index contributed by atoms with van der Waals surface area (Å²) in [4.78, 5) is 32.0. The predicted molar refractivity (Wildman–Crippen MR) is 83.9 cm³/mol. The van der Waals surface area contributed by atoms with E-state index in [4.69, 9.17) is 4.74 Å². The second-order valence-electron chi connectivity index (χ2n) is 5.17. The van der Waals surface area contributed by atoms with Crippen molar-refractivity contribution in [2.45, 2.75) is 6.42 Å². The number of carbonyl (C=O) groups excluding carboxylic acids is 2. The van der Waals surface area contributed by atoms with Crippen molar-refractivity contribution in [2.75, 3.05) is 44.2 Å². The summed E-state index contributed by atoms with van der Waals surface area (Å²) in [6.45, 7) is 3.38. The Hall–Kier alpha value is -1.67. The minimum atomic E-state index is -0.175. The van der Waals surface area contributed by atoms with Crippen molar-refractivity contribution in [1.29, 1.82) is 0 Å². The van der Waals surface area contributed by atoms with Gasteiger partial charge in [0.25, 0.3) is 5.91 Å². The molecule has 0 spiro atoms. The first kappa shape index (κ1) is 15.2. The zero-order chi connectivity index (χ0) is 15.5. The zero-order valence-corrected chi connectivity index (χ0v) is 13.6. The number of ether oxygens (including phenoxy) is 1. The molecule has 3 heterocycles. The highest BCUT2D eigenvalue weighted by Gasteiger charge is 2.28. The van der Waals surface area contributed by atoms with E-state index in [1.807, 2.05) is 4.90 Å². The first-order valence-electron chi connectivity index (χ1n) is 7.23. The topological polar surface area (TPSA) is 74.8 Å². The number of fused-ring (bicyclic) bond motifs is 1. The van der Waals surface area contributed by atoms with E-state index < -0.39 is 0 Å². The van der Waals surface area contributed by atoms with E-state index in [1.165, 1.54) is 4.90 Å². The lowest BCUT2D eigenvalue weighted by Crippen LogP contribution is -2.48. The Balaban J connectivity index is 1.68. The minimum absolute atomic E-state index is 0.0157. The first-order valence-corrected chi connectivity index (χ1v) is 8.02. The molecule has 8 heteroatoms. The molecule has 22 heavy (non-hydrogen) atoms. The van der Waals surface area contributed by atoms with Gasteiger partial charge in [0.1, 0.15) is 4.60 Å². The van der Waals surface area contributed by atoms with Crippen molar-refractivity contribution in [1.82, 2.24) is 15.2 Å². The van der Waals surface area contributed by atoms with Crippen LogP contribution in [0.4, 0.5) is 5.82 Å². The number of piperazine rings is 1. The van der Waals surface area contributed by atoms with Crippen molar-refractivity contribution >= 4 is 33.6 Å². The van der Waals surface area contributed by atoms with Crippen LogP contribution in [0.2, 0.25) is 0 Å². The number of nitrogens with zero attached hydrogens (tertiary/aromatic N) is 3. The fourth-order valence-electron chi connectivity index (χ4n) is 2.56. The van der Waals surface area contributed by atoms with Gasteiger partial charge in [0, 0.05) is 39.1 Å². The van der Waals surface area contributed by atoms with Crippen LogP contribution in [0.15, 0.2) is 16.7 Å². The van der Waals surface area contributed by atoms with Crippen LogP contribution in [0.25, 0.3) is 0 Å². The largest absolute Gasteiger partial charge is 0.480 e. The van der Waals surface area contributed by atoms with Gasteiger partial charge in [-0.3, -0.25) is 14.5 Å². The first-order chi connectivity index (χ1) is 10.6. The molecule has 0 radical (unpaired) electrons. The summed E-state index contributed by atoms with van der Waals surface area (Å²) in [6, 6.07) is 3.53. The molecule has 1 N–H and O–H groups in total. The third-order valence-corrected chi connectivity index (χ3v) is 4.17. The summed E-state index contributed by atoms with van der Waals surface area (Å²) >= 11 is 3.29. The Morgan fingerprint density at radius 1 is 1.36 bits per heavy atom. The van der Waals surface area contributed by atoms with Crippen LogP contribution in [0.5, 0.6) is 5.75 Å². The lowest BCUT2D eigenvalue weighted by molar-refractivity contribution is -0.131. The standard InChI is InChI=1S/C14H17BrN4O3/c15-11-2-1-10-14(17-11)19(13(21)9-22-10)6-3-12(20)18-7-4-16-5-8-18/h1-2,16H,3-9H2. The van der Waals surface area contributed by atoms with E-state index in [9.17, 15) is 9.59 Å². The summed E-state index contributed by atoms with van der Waals surface area (Å²) in [7, 11) is 0. The molecule has 0 saturated carbocycles. The van der Waals surface area contributed by atoms with Crippen LogP contribution in [0, 0.1) is 0 Å². The molecular formula is C14H17BrN4O3. The Bertz CT molecular complexity index is 589. The van der Waals surface area contributed by atoms with Gasteiger partial charge in [-0.1, -0.05) is 0 Å². The third kappa shape index (κ3) is 3.22. The lowest BCUT2D eigenvalue weighted by atomic mass is 10.2.